The molecule has 5 rings (SSSR count). The third-order valence-electron chi connectivity index (χ3n) is 8.73. The van der Waals surface area contributed by atoms with Gasteiger partial charge in [-0.05, 0) is 120 Å². The predicted octanol–water partition coefficient (Wildman–Crippen LogP) is 10.1. The monoisotopic (exact) mass is 486 g/mol. The van der Waals surface area contributed by atoms with Crippen LogP contribution in [0.3, 0.4) is 0 Å². The molecule has 0 saturated heterocycles. The standard InChI is InChI=1S/C37H42/c1-21(2)31-17-27(9)33(19-25(31)7)37(34-20-26(8)32(22(3)4)18-28(34)10)35-15-23(5)11-13-29(35)30-14-12-24(6)16-36(30)37/h11-22H,1-10H3. The van der Waals surface area contributed by atoms with Crippen molar-refractivity contribution in [1.82, 2.24) is 0 Å². The minimum Gasteiger partial charge on any atom is -0.0587 e. The third-order valence-corrected chi connectivity index (χ3v) is 8.73. The van der Waals surface area contributed by atoms with E-state index >= 15 is 0 Å². The van der Waals surface area contributed by atoms with E-state index in [1.54, 1.807) is 0 Å². The van der Waals surface area contributed by atoms with Gasteiger partial charge in [-0.2, -0.15) is 0 Å². The van der Waals surface area contributed by atoms with Gasteiger partial charge >= 0.3 is 0 Å². The molecular weight excluding hydrogens is 444 g/mol. The van der Waals surface area contributed by atoms with Crippen LogP contribution in [0.1, 0.15) is 106 Å². The number of hydrogen-bond donors (Lipinski definition) is 0. The molecule has 1 aliphatic rings. The Labute approximate surface area is 224 Å². The molecule has 0 radical (unpaired) electrons. The summed E-state index contributed by atoms with van der Waals surface area (Å²) in [5.41, 5.74) is 19.1. The fraction of sp³-hybridized carbons (Fsp3) is 0.351. The fourth-order valence-electron chi connectivity index (χ4n) is 7.01. The van der Waals surface area contributed by atoms with Crippen molar-refractivity contribution < 1.29 is 0 Å². The highest BCUT2D eigenvalue weighted by atomic mass is 14.5. The zero-order chi connectivity index (χ0) is 26.8. The SMILES string of the molecule is Cc1ccc2c(c1)C(c1cc(C)c(C(C)C)cc1C)(c1cc(C)c(C(C)C)cc1C)c1cc(C)ccc1-2. The molecule has 0 amide bonds. The number of benzene rings is 4. The normalized spacial score (nSPS) is 13.8. The van der Waals surface area contributed by atoms with Gasteiger partial charge in [0.25, 0.3) is 0 Å². The zero-order valence-corrected chi connectivity index (χ0v) is 24.4. The van der Waals surface area contributed by atoms with E-state index in [2.05, 4.69) is 130 Å². The molecule has 0 aliphatic heterocycles. The first-order valence-corrected chi connectivity index (χ1v) is 13.9. The zero-order valence-electron chi connectivity index (χ0n) is 24.4. The lowest BCUT2D eigenvalue weighted by molar-refractivity contribution is 0.741. The van der Waals surface area contributed by atoms with Crippen molar-refractivity contribution >= 4 is 0 Å². The maximum absolute atomic E-state index is 2.51. The first-order chi connectivity index (χ1) is 17.5. The molecule has 1 aliphatic carbocycles. The van der Waals surface area contributed by atoms with Crippen LogP contribution in [0.5, 0.6) is 0 Å². The van der Waals surface area contributed by atoms with E-state index in [9.17, 15) is 0 Å². The van der Waals surface area contributed by atoms with Gasteiger partial charge < -0.3 is 0 Å². The maximum atomic E-state index is 2.51. The topological polar surface area (TPSA) is 0 Å². The van der Waals surface area contributed by atoms with Gasteiger partial charge in [-0.15, -0.1) is 0 Å². The summed E-state index contributed by atoms with van der Waals surface area (Å²) >= 11 is 0. The Hall–Kier alpha value is -3.12. The Morgan fingerprint density at radius 2 is 0.811 bits per heavy atom. The smallest absolute Gasteiger partial charge is 0.0587 e. The maximum Gasteiger partial charge on any atom is 0.0719 e. The molecule has 0 fully saturated rings. The number of hydrogen-bond acceptors (Lipinski definition) is 0. The Balaban J connectivity index is 2.01. The minimum atomic E-state index is -0.350. The fourth-order valence-corrected chi connectivity index (χ4v) is 7.01. The second-order valence-electron chi connectivity index (χ2n) is 12.2. The van der Waals surface area contributed by atoms with Gasteiger partial charge in [-0.1, -0.05) is 99.5 Å². The molecule has 4 aromatic rings. The van der Waals surface area contributed by atoms with Crippen LogP contribution in [0.15, 0.2) is 60.7 Å². The average molecular weight is 487 g/mol. The first kappa shape index (κ1) is 25.5. The van der Waals surface area contributed by atoms with Gasteiger partial charge in [0.05, 0.1) is 5.41 Å². The lowest BCUT2D eigenvalue weighted by atomic mass is 9.64. The lowest BCUT2D eigenvalue weighted by Gasteiger charge is -2.38. The van der Waals surface area contributed by atoms with Crippen LogP contribution in [0, 0.1) is 41.5 Å². The molecule has 0 nitrogen and oxygen atoms in total. The van der Waals surface area contributed by atoms with Crippen LogP contribution >= 0.6 is 0 Å². The lowest BCUT2D eigenvalue weighted by Crippen LogP contribution is -2.31. The summed E-state index contributed by atoms with van der Waals surface area (Å²) in [7, 11) is 0. The average Bonchev–Trinajstić information content (AvgIpc) is 3.10. The Bertz CT molecular complexity index is 1410. The highest BCUT2D eigenvalue weighted by Gasteiger charge is 2.48. The Kier molecular flexibility index (Phi) is 6.22. The molecule has 0 bridgehead atoms. The van der Waals surface area contributed by atoms with Crippen molar-refractivity contribution in [3.05, 3.63) is 127 Å². The van der Waals surface area contributed by atoms with E-state index in [1.165, 1.54) is 77.9 Å². The van der Waals surface area contributed by atoms with Crippen molar-refractivity contribution in [1.29, 1.82) is 0 Å². The van der Waals surface area contributed by atoms with Gasteiger partial charge in [0, 0.05) is 0 Å². The first-order valence-electron chi connectivity index (χ1n) is 13.9. The van der Waals surface area contributed by atoms with Crippen molar-refractivity contribution in [3.8, 4) is 11.1 Å². The van der Waals surface area contributed by atoms with Crippen LogP contribution < -0.4 is 0 Å². The van der Waals surface area contributed by atoms with E-state index in [0.717, 1.165) is 0 Å². The molecule has 0 heteroatoms. The Morgan fingerprint density at radius 1 is 0.432 bits per heavy atom. The summed E-state index contributed by atoms with van der Waals surface area (Å²) < 4.78 is 0. The van der Waals surface area contributed by atoms with E-state index in [1.807, 2.05) is 0 Å². The molecule has 0 N–H and O–H groups in total. The third kappa shape index (κ3) is 3.80. The molecule has 0 saturated carbocycles. The molecule has 0 aromatic heterocycles. The molecular formula is C37H42. The highest BCUT2D eigenvalue weighted by Crippen LogP contribution is 2.58. The van der Waals surface area contributed by atoms with Crippen LogP contribution in [-0.2, 0) is 5.41 Å². The van der Waals surface area contributed by atoms with Crippen LogP contribution in [0.2, 0.25) is 0 Å². The van der Waals surface area contributed by atoms with E-state index in [4.69, 9.17) is 0 Å². The summed E-state index contributed by atoms with van der Waals surface area (Å²) in [6.07, 6.45) is 0. The van der Waals surface area contributed by atoms with E-state index in [-0.39, 0.29) is 5.41 Å². The highest BCUT2D eigenvalue weighted by molar-refractivity contribution is 5.87. The number of fused-ring (bicyclic) bond motifs is 3. The number of aryl methyl sites for hydroxylation is 6. The summed E-state index contributed by atoms with van der Waals surface area (Å²) in [4.78, 5) is 0. The van der Waals surface area contributed by atoms with Crippen molar-refractivity contribution in [2.24, 2.45) is 0 Å². The Morgan fingerprint density at radius 3 is 1.16 bits per heavy atom. The van der Waals surface area contributed by atoms with Crippen molar-refractivity contribution in [2.75, 3.05) is 0 Å². The van der Waals surface area contributed by atoms with Gasteiger partial charge in [-0.25, -0.2) is 0 Å². The van der Waals surface area contributed by atoms with Crippen LogP contribution in [0.4, 0.5) is 0 Å². The quantitative estimate of drug-likeness (QED) is 0.237. The summed E-state index contributed by atoms with van der Waals surface area (Å²) in [5, 5.41) is 0. The second kappa shape index (κ2) is 9.02. The number of rotatable bonds is 4. The van der Waals surface area contributed by atoms with Crippen LogP contribution in [0.25, 0.3) is 11.1 Å². The second-order valence-corrected chi connectivity index (χ2v) is 12.2. The van der Waals surface area contributed by atoms with E-state index < -0.39 is 0 Å². The van der Waals surface area contributed by atoms with Gasteiger partial charge in [0.1, 0.15) is 0 Å². The summed E-state index contributed by atoms with van der Waals surface area (Å²) in [6.45, 7) is 23.0. The summed E-state index contributed by atoms with van der Waals surface area (Å²) in [5.74, 6) is 1.01. The largest absolute Gasteiger partial charge is 0.0719 e. The summed E-state index contributed by atoms with van der Waals surface area (Å²) in [6, 6.07) is 24.1. The molecule has 0 atom stereocenters. The molecule has 0 spiro atoms. The molecule has 37 heavy (non-hydrogen) atoms. The predicted molar refractivity (Wildman–Crippen MR) is 160 cm³/mol. The minimum absolute atomic E-state index is 0.350. The van der Waals surface area contributed by atoms with Crippen molar-refractivity contribution in [3.63, 3.8) is 0 Å². The molecule has 0 heterocycles. The van der Waals surface area contributed by atoms with Gasteiger partial charge in [-0.3, -0.25) is 0 Å². The molecule has 190 valence electrons. The van der Waals surface area contributed by atoms with E-state index in [0.29, 0.717) is 11.8 Å². The van der Waals surface area contributed by atoms with Crippen LogP contribution in [-0.4, -0.2) is 0 Å². The van der Waals surface area contributed by atoms with Crippen molar-refractivity contribution in [2.45, 2.75) is 86.5 Å². The molecule has 4 aromatic carbocycles. The van der Waals surface area contributed by atoms with Gasteiger partial charge in [0.2, 0.25) is 0 Å². The van der Waals surface area contributed by atoms with Gasteiger partial charge in [0.15, 0.2) is 0 Å². The molecule has 0 unspecified atom stereocenters.